The molecule has 1 aromatic carbocycles. The summed E-state index contributed by atoms with van der Waals surface area (Å²) >= 11 is 0. The summed E-state index contributed by atoms with van der Waals surface area (Å²) in [5.74, 6) is 0.791. The Morgan fingerprint density at radius 3 is 2.65 bits per heavy atom. The van der Waals surface area contributed by atoms with E-state index in [2.05, 4.69) is 10.3 Å². The molecule has 0 fully saturated rings. The SMILES string of the molecule is CNCc1cccc(Oc2ccc(F)cc2)n1. The summed E-state index contributed by atoms with van der Waals surface area (Å²) in [6.07, 6.45) is 0. The lowest BCUT2D eigenvalue weighted by Crippen LogP contribution is -2.06. The van der Waals surface area contributed by atoms with Gasteiger partial charge in [-0.15, -0.1) is 0 Å². The quantitative estimate of drug-likeness (QED) is 0.880. The van der Waals surface area contributed by atoms with Gasteiger partial charge in [-0.25, -0.2) is 9.37 Å². The molecule has 1 N–H and O–H groups in total. The molecule has 0 aliphatic carbocycles. The second kappa shape index (κ2) is 5.41. The summed E-state index contributed by atoms with van der Waals surface area (Å²) in [7, 11) is 1.86. The van der Waals surface area contributed by atoms with E-state index in [1.54, 1.807) is 18.2 Å². The monoisotopic (exact) mass is 232 g/mol. The zero-order valence-corrected chi connectivity index (χ0v) is 9.48. The van der Waals surface area contributed by atoms with Crippen molar-refractivity contribution in [3.8, 4) is 11.6 Å². The van der Waals surface area contributed by atoms with Crippen molar-refractivity contribution >= 4 is 0 Å². The van der Waals surface area contributed by atoms with E-state index >= 15 is 0 Å². The zero-order chi connectivity index (χ0) is 12.1. The van der Waals surface area contributed by atoms with Gasteiger partial charge in [-0.1, -0.05) is 6.07 Å². The van der Waals surface area contributed by atoms with Crippen LogP contribution in [0.15, 0.2) is 42.5 Å². The van der Waals surface area contributed by atoms with Gasteiger partial charge in [-0.2, -0.15) is 0 Å². The molecule has 4 heteroatoms. The van der Waals surface area contributed by atoms with Crippen molar-refractivity contribution in [1.82, 2.24) is 10.3 Å². The number of pyridine rings is 1. The molecule has 88 valence electrons. The molecule has 0 bridgehead atoms. The minimum absolute atomic E-state index is 0.283. The first kappa shape index (κ1) is 11.5. The molecule has 0 spiro atoms. The van der Waals surface area contributed by atoms with Crippen molar-refractivity contribution in [2.45, 2.75) is 6.54 Å². The fourth-order valence-corrected chi connectivity index (χ4v) is 1.42. The van der Waals surface area contributed by atoms with Gasteiger partial charge in [0, 0.05) is 12.6 Å². The topological polar surface area (TPSA) is 34.1 Å². The van der Waals surface area contributed by atoms with Gasteiger partial charge in [-0.05, 0) is 37.4 Å². The maximum atomic E-state index is 12.7. The average molecular weight is 232 g/mol. The van der Waals surface area contributed by atoms with E-state index < -0.39 is 0 Å². The normalized spacial score (nSPS) is 10.2. The van der Waals surface area contributed by atoms with Crippen LogP contribution in [-0.2, 0) is 6.54 Å². The van der Waals surface area contributed by atoms with Crippen LogP contribution in [0, 0.1) is 5.82 Å². The summed E-state index contributed by atoms with van der Waals surface area (Å²) < 4.78 is 18.2. The number of ether oxygens (including phenoxy) is 1. The van der Waals surface area contributed by atoms with Gasteiger partial charge in [0.15, 0.2) is 0 Å². The van der Waals surface area contributed by atoms with E-state index in [1.807, 2.05) is 19.2 Å². The predicted molar refractivity (Wildman–Crippen MR) is 63.5 cm³/mol. The van der Waals surface area contributed by atoms with Crippen LogP contribution in [0.2, 0.25) is 0 Å². The summed E-state index contributed by atoms with van der Waals surface area (Å²) in [6, 6.07) is 11.4. The Morgan fingerprint density at radius 2 is 1.94 bits per heavy atom. The van der Waals surface area contributed by atoms with Crippen LogP contribution >= 0.6 is 0 Å². The highest BCUT2D eigenvalue weighted by Crippen LogP contribution is 2.19. The molecule has 0 unspecified atom stereocenters. The lowest BCUT2D eigenvalue weighted by atomic mass is 10.3. The van der Waals surface area contributed by atoms with Crippen LogP contribution in [0.25, 0.3) is 0 Å². The number of halogens is 1. The minimum atomic E-state index is -0.283. The number of nitrogens with zero attached hydrogens (tertiary/aromatic N) is 1. The van der Waals surface area contributed by atoms with E-state index in [0.717, 1.165) is 5.69 Å². The number of nitrogens with one attached hydrogen (secondary N) is 1. The molecule has 2 rings (SSSR count). The molecule has 17 heavy (non-hydrogen) atoms. The van der Waals surface area contributed by atoms with Crippen LogP contribution in [0.4, 0.5) is 4.39 Å². The summed E-state index contributed by atoms with van der Waals surface area (Å²) in [5.41, 5.74) is 0.895. The van der Waals surface area contributed by atoms with Gasteiger partial charge in [0.05, 0.1) is 5.69 Å². The van der Waals surface area contributed by atoms with Crippen LogP contribution < -0.4 is 10.1 Å². The maximum Gasteiger partial charge on any atom is 0.219 e. The van der Waals surface area contributed by atoms with Crippen LogP contribution in [0.5, 0.6) is 11.6 Å². The molecule has 0 aliphatic heterocycles. The number of rotatable bonds is 4. The Morgan fingerprint density at radius 1 is 1.18 bits per heavy atom. The van der Waals surface area contributed by atoms with Crippen molar-refractivity contribution < 1.29 is 9.13 Å². The van der Waals surface area contributed by atoms with Gasteiger partial charge >= 0.3 is 0 Å². The third kappa shape index (κ3) is 3.26. The standard InChI is InChI=1S/C13H13FN2O/c1-15-9-11-3-2-4-13(16-11)17-12-7-5-10(14)6-8-12/h2-8,15H,9H2,1H3. The van der Waals surface area contributed by atoms with Crippen LogP contribution in [-0.4, -0.2) is 12.0 Å². The second-order valence-corrected chi connectivity index (χ2v) is 3.55. The molecule has 0 radical (unpaired) electrons. The third-order valence-corrected chi connectivity index (χ3v) is 2.18. The summed E-state index contributed by atoms with van der Waals surface area (Å²) in [6.45, 7) is 0.681. The number of hydrogen-bond acceptors (Lipinski definition) is 3. The van der Waals surface area contributed by atoms with Crippen molar-refractivity contribution in [3.63, 3.8) is 0 Å². The summed E-state index contributed by atoms with van der Waals surface area (Å²) in [4.78, 5) is 4.30. The van der Waals surface area contributed by atoms with E-state index in [9.17, 15) is 4.39 Å². The zero-order valence-electron chi connectivity index (χ0n) is 9.48. The van der Waals surface area contributed by atoms with Crippen molar-refractivity contribution in [2.24, 2.45) is 0 Å². The van der Waals surface area contributed by atoms with Crippen LogP contribution in [0.3, 0.4) is 0 Å². The van der Waals surface area contributed by atoms with E-state index in [4.69, 9.17) is 4.74 Å². The first-order valence-corrected chi connectivity index (χ1v) is 5.32. The van der Waals surface area contributed by atoms with E-state index in [-0.39, 0.29) is 5.82 Å². The fraction of sp³-hybridized carbons (Fsp3) is 0.154. The van der Waals surface area contributed by atoms with Gasteiger partial charge in [0.1, 0.15) is 11.6 Å². The molecule has 1 aromatic heterocycles. The number of hydrogen-bond donors (Lipinski definition) is 1. The van der Waals surface area contributed by atoms with Gasteiger partial charge < -0.3 is 10.1 Å². The molecule has 0 amide bonds. The molecule has 0 saturated carbocycles. The Balaban J connectivity index is 2.12. The highest BCUT2D eigenvalue weighted by atomic mass is 19.1. The van der Waals surface area contributed by atoms with E-state index in [1.165, 1.54) is 12.1 Å². The Kier molecular flexibility index (Phi) is 3.67. The van der Waals surface area contributed by atoms with Gasteiger partial charge in [0.2, 0.25) is 5.88 Å². The molecule has 1 heterocycles. The fourth-order valence-electron chi connectivity index (χ4n) is 1.42. The van der Waals surface area contributed by atoms with Crippen molar-refractivity contribution in [1.29, 1.82) is 0 Å². The first-order chi connectivity index (χ1) is 8.28. The Hall–Kier alpha value is -1.94. The van der Waals surface area contributed by atoms with Crippen molar-refractivity contribution in [2.75, 3.05) is 7.05 Å². The second-order valence-electron chi connectivity index (χ2n) is 3.55. The molecule has 0 aliphatic rings. The van der Waals surface area contributed by atoms with Crippen LogP contribution in [0.1, 0.15) is 5.69 Å². The largest absolute Gasteiger partial charge is 0.439 e. The lowest BCUT2D eigenvalue weighted by molar-refractivity contribution is 0.458. The van der Waals surface area contributed by atoms with Gasteiger partial charge in [0.25, 0.3) is 0 Å². The molecule has 0 atom stereocenters. The smallest absolute Gasteiger partial charge is 0.219 e. The highest BCUT2D eigenvalue weighted by molar-refractivity contribution is 5.27. The molecular formula is C13H13FN2O. The summed E-state index contributed by atoms with van der Waals surface area (Å²) in [5, 5.41) is 3.01. The molecule has 0 saturated heterocycles. The molecule has 2 aromatic rings. The first-order valence-electron chi connectivity index (χ1n) is 5.32. The lowest BCUT2D eigenvalue weighted by Gasteiger charge is -2.06. The molecular weight excluding hydrogens is 219 g/mol. The van der Waals surface area contributed by atoms with E-state index in [0.29, 0.717) is 18.2 Å². The maximum absolute atomic E-state index is 12.7. The Bertz CT molecular complexity index is 485. The number of aromatic nitrogens is 1. The Labute approximate surface area is 99.3 Å². The average Bonchev–Trinajstić information content (AvgIpc) is 2.33. The minimum Gasteiger partial charge on any atom is -0.439 e. The van der Waals surface area contributed by atoms with Gasteiger partial charge in [-0.3, -0.25) is 0 Å². The number of benzene rings is 1. The molecule has 3 nitrogen and oxygen atoms in total. The highest BCUT2D eigenvalue weighted by Gasteiger charge is 2.00. The van der Waals surface area contributed by atoms with Crippen molar-refractivity contribution in [3.05, 3.63) is 54.0 Å². The predicted octanol–water partition coefficient (Wildman–Crippen LogP) is 2.73. The third-order valence-electron chi connectivity index (χ3n) is 2.18.